The smallest absolute Gasteiger partial charge is 0.308 e. The number of esters is 1. The largest absolute Gasteiger partial charge is 0.469 e. The number of Topliss-reactive ketones (excluding diaryl/α,β-unsaturated/α-hetero) is 1. The Morgan fingerprint density at radius 2 is 2.16 bits per heavy atom. The average Bonchev–Trinajstić information content (AvgIpc) is 2.38. The van der Waals surface area contributed by atoms with Crippen molar-refractivity contribution in [3.8, 4) is 0 Å². The molecule has 106 valence electrons. The second-order valence-corrected chi connectivity index (χ2v) is 5.13. The van der Waals surface area contributed by atoms with Crippen molar-refractivity contribution in [2.24, 2.45) is 0 Å². The fraction of sp³-hybridized carbons (Fsp3) is 0.643. The molecule has 19 heavy (non-hydrogen) atoms. The molecule has 1 amide bonds. The zero-order valence-electron chi connectivity index (χ0n) is 11.7. The molecule has 0 saturated carbocycles. The molecule has 0 radical (unpaired) electrons. The molecule has 0 aliphatic heterocycles. The highest BCUT2D eigenvalue weighted by Crippen LogP contribution is 2.31. The number of amides is 1. The van der Waals surface area contributed by atoms with Crippen molar-refractivity contribution >= 4 is 18.2 Å². The number of hydrogen-bond acceptors (Lipinski definition) is 4. The van der Waals surface area contributed by atoms with Crippen LogP contribution in [0, 0.1) is 0 Å². The highest BCUT2D eigenvalue weighted by atomic mass is 16.5. The van der Waals surface area contributed by atoms with E-state index in [4.69, 9.17) is 0 Å². The van der Waals surface area contributed by atoms with Gasteiger partial charge in [0.1, 0.15) is 6.04 Å². The molecule has 5 heteroatoms. The van der Waals surface area contributed by atoms with Gasteiger partial charge in [0.05, 0.1) is 13.5 Å². The number of ketones is 1. The van der Waals surface area contributed by atoms with E-state index in [9.17, 15) is 14.4 Å². The van der Waals surface area contributed by atoms with Gasteiger partial charge in [-0.1, -0.05) is 12.2 Å². The fourth-order valence-corrected chi connectivity index (χ4v) is 2.44. The number of carbonyl (C=O) groups is 3. The summed E-state index contributed by atoms with van der Waals surface area (Å²) in [4.78, 5) is 36.1. The normalized spacial score (nSPS) is 23.5. The first kappa shape index (κ1) is 15.4. The minimum absolute atomic E-state index is 0.0934. The summed E-state index contributed by atoms with van der Waals surface area (Å²) in [5.74, 6) is -0.685. The Kier molecular flexibility index (Phi) is 5.27. The first-order valence-corrected chi connectivity index (χ1v) is 6.40. The Morgan fingerprint density at radius 1 is 1.47 bits per heavy atom. The van der Waals surface area contributed by atoms with Gasteiger partial charge in [-0.2, -0.15) is 0 Å². The number of methoxy groups -OCH3 is 1. The first-order chi connectivity index (χ1) is 8.94. The van der Waals surface area contributed by atoms with Crippen LogP contribution in [0.1, 0.15) is 39.5 Å². The van der Waals surface area contributed by atoms with Gasteiger partial charge in [0, 0.05) is 5.54 Å². The molecule has 0 spiro atoms. The molecule has 5 nitrogen and oxygen atoms in total. The van der Waals surface area contributed by atoms with Crippen LogP contribution in [0.15, 0.2) is 12.2 Å². The van der Waals surface area contributed by atoms with Gasteiger partial charge >= 0.3 is 5.97 Å². The van der Waals surface area contributed by atoms with E-state index in [-0.39, 0.29) is 12.2 Å². The van der Waals surface area contributed by atoms with Crippen LogP contribution in [-0.2, 0) is 19.1 Å². The molecule has 0 N–H and O–H groups in total. The molecule has 0 heterocycles. The third-order valence-corrected chi connectivity index (χ3v) is 3.70. The molecular formula is C14H21NO4. The van der Waals surface area contributed by atoms with E-state index < -0.39 is 17.6 Å². The van der Waals surface area contributed by atoms with Crippen LogP contribution in [0.25, 0.3) is 0 Å². The van der Waals surface area contributed by atoms with Gasteiger partial charge in [-0.15, -0.1) is 0 Å². The topological polar surface area (TPSA) is 63.7 Å². The van der Waals surface area contributed by atoms with Crippen molar-refractivity contribution in [3.05, 3.63) is 12.2 Å². The zero-order valence-corrected chi connectivity index (χ0v) is 11.7. The highest BCUT2D eigenvalue weighted by molar-refractivity contribution is 5.88. The van der Waals surface area contributed by atoms with Crippen LogP contribution in [-0.4, -0.2) is 41.8 Å². The first-order valence-electron chi connectivity index (χ1n) is 6.40. The Bertz CT molecular complexity index is 391. The molecule has 2 unspecified atom stereocenters. The van der Waals surface area contributed by atoms with Crippen LogP contribution >= 0.6 is 0 Å². The van der Waals surface area contributed by atoms with Gasteiger partial charge in [0.15, 0.2) is 5.78 Å². The second-order valence-electron chi connectivity index (χ2n) is 5.13. The summed E-state index contributed by atoms with van der Waals surface area (Å²) >= 11 is 0. The van der Waals surface area contributed by atoms with E-state index in [1.165, 1.54) is 18.9 Å². The maximum Gasteiger partial charge on any atom is 0.308 e. The summed E-state index contributed by atoms with van der Waals surface area (Å²) < 4.78 is 4.60. The van der Waals surface area contributed by atoms with E-state index in [2.05, 4.69) is 10.8 Å². The second kappa shape index (κ2) is 6.50. The molecule has 0 aromatic carbocycles. The number of allylic oxidation sites excluding steroid dienone is 1. The molecule has 0 aromatic heterocycles. The highest BCUT2D eigenvalue weighted by Gasteiger charge is 2.38. The minimum atomic E-state index is -0.749. The molecule has 0 fully saturated rings. The van der Waals surface area contributed by atoms with Gasteiger partial charge in [0.25, 0.3) is 0 Å². The Labute approximate surface area is 113 Å². The third-order valence-electron chi connectivity index (χ3n) is 3.70. The van der Waals surface area contributed by atoms with Crippen LogP contribution in [0.2, 0.25) is 0 Å². The molecule has 1 rings (SSSR count). The molecule has 0 saturated heterocycles. The van der Waals surface area contributed by atoms with Gasteiger partial charge in [-0.3, -0.25) is 14.4 Å². The fourth-order valence-electron chi connectivity index (χ4n) is 2.44. The molecule has 0 aromatic rings. The summed E-state index contributed by atoms with van der Waals surface area (Å²) in [5, 5.41) is 0. The minimum Gasteiger partial charge on any atom is -0.469 e. The van der Waals surface area contributed by atoms with Crippen LogP contribution in [0.4, 0.5) is 0 Å². The lowest BCUT2D eigenvalue weighted by Gasteiger charge is -2.43. The maximum absolute atomic E-state index is 11.8. The molecule has 1 aliphatic carbocycles. The molecule has 0 bridgehead atoms. The third kappa shape index (κ3) is 3.66. The molecule has 2 atom stereocenters. The average molecular weight is 267 g/mol. The van der Waals surface area contributed by atoms with E-state index in [0.717, 1.165) is 12.8 Å². The molecule has 1 aliphatic rings. The molecular weight excluding hydrogens is 246 g/mol. The maximum atomic E-state index is 11.8. The van der Waals surface area contributed by atoms with Gasteiger partial charge < -0.3 is 9.64 Å². The standard InChI is InChI=1S/C14H21NO4/c1-11(17)12(9-13(18)19-3)15(10-16)14(2)7-5-4-6-8-14/h4-5,10,12H,6-9H2,1-3H3. The van der Waals surface area contributed by atoms with Crippen molar-refractivity contribution < 1.29 is 19.1 Å². The van der Waals surface area contributed by atoms with Crippen molar-refractivity contribution in [1.82, 2.24) is 4.90 Å². The van der Waals surface area contributed by atoms with Crippen molar-refractivity contribution in [1.29, 1.82) is 0 Å². The summed E-state index contributed by atoms with van der Waals surface area (Å²) in [5.41, 5.74) is -0.416. The van der Waals surface area contributed by atoms with Crippen LogP contribution in [0.5, 0.6) is 0 Å². The van der Waals surface area contributed by atoms with Crippen molar-refractivity contribution in [2.45, 2.75) is 51.1 Å². The number of nitrogens with zero attached hydrogens (tertiary/aromatic N) is 1. The lowest BCUT2D eigenvalue weighted by atomic mass is 9.84. The van der Waals surface area contributed by atoms with Gasteiger partial charge in [-0.25, -0.2) is 0 Å². The number of ether oxygens (including phenoxy) is 1. The van der Waals surface area contributed by atoms with Crippen molar-refractivity contribution in [2.75, 3.05) is 7.11 Å². The van der Waals surface area contributed by atoms with Gasteiger partial charge in [-0.05, 0) is 33.1 Å². The van der Waals surface area contributed by atoms with Crippen molar-refractivity contribution in [3.63, 3.8) is 0 Å². The summed E-state index contributed by atoms with van der Waals surface area (Å²) in [6.45, 7) is 3.34. The Balaban J connectivity index is 2.96. The predicted octanol–water partition coefficient (Wildman–Crippen LogP) is 1.46. The van der Waals surface area contributed by atoms with Gasteiger partial charge in [0.2, 0.25) is 6.41 Å². The Hall–Kier alpha value is -1.65. The summed E-state index contributed by atoms with van der Waals surface area (Å²) in [6.07, 6.45) is 6.99. The summed E-state index contributed by atoms with van der Waals surface area (Å²) in [7, 11) is 1.27. The quantitative estimate of drug-likeness (QED) is 0.415. The summed E-state index contributed by atoms with van der Waals surface area (Å²) in [6, 6.07) is -0.749. The van der Waals surface area contributed by atoms with E-state index in [1.807, 2.05) is 13.0 Å². The lowest BCUT2D eigenvalue weighted by Crippen LogP contribution is -2.54. The predicted molar refractivity (Wildman–Crippen MR) is 70.4 cm³/mol. The Morgan fingerprint density at radius 3 is 2.58 bits per heavy atom. The zero-order chi connectivity index (χ0) is 14.5. The van der Waals surface area contributed by atoms with Crippen LogP contribution < -0.4 is 0 Å². The number of rotatable bonds is 6. The van der Waals surface area contributed by atoms with E-state index in [1.54, 1.807) is 0 Å². The SMILES string of the molecule is COC(=O)CC(C(C)=O)N(C=O)C1(C)CC=CCC1. The number of hydrogen-bond donors (Lipinski definition) is 0. The lowest BCUT2D eigenvalue weighted by molar-refractivity contribution is -0.147. The monoisotopic (exact) mass is 267 g/mol. The van der Waals surface area contributed by atoms with E-state index in [0.29, 0.717) is 12.8 Å². The van der Waals surface area contributed by atoms with E-state index >= 15 is 0 Å². The van der Waals surface area contributed by atoms with Crippen LogP contribution in [0.3, 0.4) is 0 Å². The number of carbonyl (C=O) groups excluding carboxylic acids is 3.